The van der Waals surface area contributed by atoms with E-state index in [4.69, 9.17) is 5.21 Å². The Kier molecular flexibility index (Phi) is 3.98. The number of nitrogens with one attached hydrogen (secondary N) is 3. The topological polar surface area (TPSA) is 106 Å². The largest absolute Gasteiger partial charge is 0.384 e. The number of carbonyl (C=O) groups is 1. The zero-order chi connectivity index (χ0) is 19.1. The van der Waals surface area contributed by atoms with E-state index in [0.29, 0.717) is 18.5 Å². The Balaban J connectivity index is 1.44. The third kappa shape index (κ3) is 2.78. The number of benzene rings is 1. The number of hydrogen-bond acceptors (Lipinski definition) is 6. The molecule has 1 amide bonds. The summed E-state index contributed by atoms with van der Waals surface area (Å²) >= 11 is 0. The van der Waals surface area contributed by atoms with Crippen LogP contribution in [0, 0.1) is 0 Å². The van der Waals surface area contributed by atoms with E-state index in [1.54, 1.807) is 5.48 Å². The van der Waals surface area contributed by atoms with Gasteiger partial charge in [-0.05, 0) is 30.3 Å². The molecule has 0 radical (unpaired) electrons. The van der Waals surface area contributed by atoms with Gasteiger partial charge in [0.25, 0.3) is 5.91 Å². The van der Waals surface area contributed by atoms with Crippen molar-refractivity contribution >= 4 is 22.8 Å². The molecule has 1 aromatic carbocycles. The second-order valence-corrected chi connectivity index (χ2v) is 7.13. The minimum absolute atomic E-state index is 0.221. The maximum absolute atomic E-state index is 11.4. The third-order valence-electron chi connectivity index (χ3n) is 5.47. The first-order valence-corrected chi connectivity index (χ1v) is 9.29. The molecule has 2 aromatic heterocycles. The molecule has 8 nitrogen and oxygen atoms in total. The normalized spacial score (nSPS) is 18.2. The fraction of sp³-hybridized carbons (Fsp3) is 0.250. The van der Waals surface area contributed by atoms with Gasteiger partial charge < -0.3 is 15.2 Å². The molecule has 8 heteroatoms. The molecule has 0 bridgehead atoms. The molecule has 1 unspecified atom stereocenters. The molecule has 142 valence electrons. The van der Waals surface area contributed by atoms with Crippen LogP contribution in [0.25, 0.3) is 10.9 Å². The number of nitrogens with zero attached hydrogens (tertiary/aromatic N) is 3. The molecule has 5 rings (SSSR count). The molecule has 0 saturated heterocycles. The SMILES string of the molecule is O=C(NO)c1cnc(N2CCc3[nH]c4ccc(C5CC=CN5)cc4c3C2)nc1. The lowest BCUT2D eigenvalue weighted by molar-refractivity contribution is 0.0705. The summed E-state index contributed by atoms with van der Waals surface area (Å²) in [4.78, 5) is 25.7. The van der Waals surface area contributed by atoms with Gasteiger partial charge in [0.05, 0.1) is 11.6 Å². The van der Waals surface area contributed by atoms with Gasteiger partial charge in [0.1, 0.15) is 0 Å². The van der Waals surface area contributed by atoms with Crippen LogP contribution in [0.3, 0.4) is 0 Å². The maximum atomic E-state index is 11.4. The summed E-state index contributed by atoms with van der Waals surface area (Å²) in [5, 5.41) is 13.3. The van der Waals surface area contributed by atoms with Gasteiger partial charge in [0.2, 0.25) is 5.95 Å². The summed E-state index contributed by atoms with van der Waals surface area (Å²) < 4.78 is 0. The quantitative estimate of drug-likeness (QED) is 0.412. The number of aromatic amines is 1. The van der Waals surface area contributed by atoms with Gasteiger partial charge in [-0.3, -0.25) is 10.0 Å². The summed E-state index contributed by atoms with van der Waals surface area (Å²) in [6, 6.07) is 6.95. The fourth-order valence-electron chi connectivity index (χ4n) is 3.97. The standard InChI is InChI=1S/C20H20N6O2/c27-19(25-28)13-9-22-20(23-10-13)26-7-5-18-15(11-26)14-8-12(3-4-17(14)24-18)16-2-1-6-21-16/h1,3-4,6,8-10,16,21,24,28H,2,5,7,11H2,(H,25,27). The van der Waals surface area contributed by atoms with E-state index in [2.05, 4.69) is 49.4 Å². The summed E-state index contributed by atoms with van der Waals surface area (Å²) in [5.74, 6) is -0.0426. The average molecular weight is 376 g/mol. The van der Waals surface area contributed by atoms with Crippen molar-refractivity contribution in [3.63, 3.8) is 0 Å². The lowest BCUT2D eigenvalue weighted by atomic mass is 10.00. The molecule has 0 fully saturated rings. The van der Waals surface area contributed by atoms with Crippen molar-refractivity contribution in [3.8, 4) is 0 Å². The minimum atomic E-state index is -0.619. The van der Waals surface area contributed by atoms with Crippen LogP contribution in [0.15, 0.2) is 42.9 Å². The van der Waals surface area contributed by atoms with Gasteiger partial charge in [-0.1, -0.05) is 12.1 Å². The smallest absolute Gasteiger partial charge is 0.277 e. The Hall–Kier alpha value is -3.39. The average Bonchev–Trinajstić information content (AvgIpc) is 3.40. The van der Waals surface area contributed by atoms with E-state index in [9.17, 15) is 4.79 Å². The molecule has 4 N–H and O–H groups in total. The Morgan fingerprint density at radius 2 is 2.14 bits per heavy atom. The van der Waals surface area contributed by atoms with Crippen molar-refractivity contribution in [1.82, 2.24) is 25.7 Å². The molecule has 2 aliphatic rings. The van der Waals surface area contributed by atoms with Gasteiger partial charge in [-0.25, -0.2) is 15.4 Å². The second-order valence-electron chi connectivity index (χ2n) is 7.13. The van der Waals surface area contributed by atoms with Crippen LogP contribution in [0.5, 0.6) is 0 Å². The number of anilines is 1. The van der Waals surface area contributed by atoms with Crippen molar-refractivity contribution in [2.24, 2.45) is 0 Å². The molecule has 1 atom stereocenters. The minimum Gasteiger partial charge on any atom is -0.384 e. The zero-order valence-corrected chi connectivity index (χ0v) is 15.1. The van der Waals surface area contributed by atoms with Crippen LogP contribution in [-0.4, -0.2) is 32.6 Å². The maximum Gasteiger partial charge on any atom is 0.277 e. The number of H-pyrrole nitrogens is 1. The number of aromatic nitrogens is 3. The predicted molar refractivity (Wildman–Crippen MR) is 104 cm³/mol. The summed E-state index contributed by atoms with van der Waals surface area (Å²) in [6.45, 7) is 1.51. The highest BCUT2D eigenvalue weighted by atomic mass is 16.5. The van der Waals surface area contributed by atoms with Crippen LogP contribution >= 0.6 is 0 Å². The first-order chi connectivity index (χ1) is 13.7. The van der Waals surface area contributed by atoms with E-state index in [1.165, 1.54) is 34.6 Å². The van der Waals surface area contributed by atoms with E-state index in [0.717, 1.165) is 24.9 Å². The van der Waals surface area contributed by atoms with Crippen molar-refractivity contribution in [2.75, 3.05) is 11.4 Å². The number of hydrogen-bond donors (Lipinski definition) is 4. The van der Waals surface area contributed by atoms with E-state index in [-0.39, 0.29) is 5.56 Å². The van der Waals surface area contributed by atoms with E-state index >= 15 is 0 Å². The highest BCUT2D eigenvalue weighted by Crippen LogP contribution is 2.32. The molecule has 4 heterocycles. The summed E-state index contributed by atoms with van der Waals surface area (Å²) in [5.41, 5.74) is 6.78. The first kappa shape index (κ1) is 16.8. The van der Waals surface area contributed by atoms with Gasteiger partial charge in [-0.2, -0.15) is 0 Å². The number of carbonyl (C=O) groups excluding carboxylic acids is 1. The monoisotopic (exact) mass is 376 g/mol. The second kappa shape index (κ2) is 6.65. The number of fused-ring (bicyclic) bond motifs is 3. The van der Waals surface area contributed by atoms with Crippen LogP contribution in [0.2, 0.25) is 0 Å². The highest BCUT2D eigenvalue weighted by molar-refractivity contribution is 5.92. The fourth-order valence-corrected chi connectivity index (χ4v) is 3.97. The Morgan fingerprint density at radius 3 is 2.89 bits per heavy atom. The molecular weight excluding hydrogens is 356 g/mol. The van der Waals surface area contributed by atoms with Gasteiger partial charge in [0, 0.05) is 54.1 Å². The van der Waals surface area contributed by atoms with Crippen LogP contribution in [0.1, 0.15) is 39.6 Å². The lowest BCUT2D eigenvalue weighted by Gasteiger charge is -2.27. The first-order valence-electron chi connectivity index (χ1n) is 9.29. The summed E-state index contributed by atoms with van der Waals surface area (Å²) in [6.07, 6.45) is 8.91. The van der Waals surface area contributed by atoms with E-state index < -0.39 is 5.91 Å². The number of rotatable bonds is 3. The molecule has 28 heavy (non-hydrogen) atoms. The van der Waals surface area contributed by atoms with Gasteiger partial charge in [-0.15, -0.1) is 0 Å². The predicted octanol–water partition coefficient (Wildman–Crippen LogP) is 2.19. The Bertz CT molecular complexity index is 1060. The van der Waals surface area contributed by atoms with Crippen molar-refractivity contribution in [1.29, 1.82) is 0 Å². The molecule has 2 aliphatic heterocycles. The summed E-state index contributed by atoms with van der Waals surface area (Å²) in [7, 11) is 0. The molecule has 0 aliphatic carbocycles. The van der Waals surface area contributed by atoms with Crippen LogP contribution in [-0.2, 0) is 13.0 Å². The van der Waals surface area contributed by atoms with Crippen LogP contribution in [0.4, 0.5) is 5.95 Å². The Morgan fingerprint density at radius 1 is 1.29 bits per heavy atom. The van der Waals surface area contributed by atoms with Gasteiger partial charge in [0.15, 0.2) is 0 Å². The van der Waals surface area contributed by atoms with Crippen molar-refractivity contribution in [3.05, 3.63) is 65.3 Å². The van der Waals surface area contributed by atoms with Crippen LogP contribution < -0.4 is 15.7 Å². The van der Waals surface area contributed by atoms with Crippen molar-refractivity contribution in [2.45, 2.75) is 25.4 Å². The third-order valence-corrected chi connectivity index (χ3v) is 5.47. The molecular formula is C20H20N6O2. The molecule has 0 spiro atoms. The zero-order valence-electron chi connectivity index (χ0n) is 15.1. The molecule has 3 aromatic rings. The van der Waals surface area contributed by atoms with E-state index in [1.807, 2.05) is 6.20 Å². The lowest BCUT2D eigenvalue weighted by Crippen LogP contribution is -2.31. The Labute approximate surface area is 161 Å². The van der Waals surface area contributed by atoms with Crippen molar-refractivity contribution < 1.29 is 10.0 Å². The molecule has 0 saturated carbocycles. The van der Waals surface area contributed by atoms with Gasteiger partial charge >= 0.3 is 0 Å². The number of amides is 1. The number of hydroxylamine groups is 1. The highest BCUT2D eigenvalue weighted by Gasteiger charge is 2.23.